The minimum absolute atomic E-state index is 0.105. The molecule has 2 nitrogen and oxygen atoms in total. The number of benzene rings is 1. The molecule has 5 heteroatoms. The lowest BCUT2D eigenvalue weighted by atomic mass is 10.2. The van der Waals surface area contributed by atoms with Crippen LogP contribution in [0.1, 0.15) is 12.0 Å². The largest absolute Gasteiger partial charge is 0.383 e. The van der Waals surface area contributed by atoms with Crippen molar-refractivity contribution in [1.29, 1.82) is 0 Å². The molecule has 0 saturated carbocycles. The lowest BCUT2D eigenvalue weighted by Gasteiger charge is -2.17. The predicted octanol–water partition coefficient (Wildman–Crippen LogP) is 3.21. The summed E-state index contributed by atoms with van der Waals surface area (Å²) in [6.45, 7) is 0.912. The summed E-state index contributed by atoms with van der Waals surface area (Å²) in [5.41, 5.74) is 0.477. The summed E-state index contributed by atoms with van der Waals surface area (Å²) in [5, 5.41) is 3.62. The van der Waals surface area contributed by atoms with Gasteiger partial charge in [-0.25, -0.2) is 4.39 Å². The van der Waals surface area contributed by atoms with Crippen LogP contribution in [0.4, 0.5) is 4.39 Å². The molecule has 0 aromatic heterocycles. The van der Waals surface area contributed by atoms with Crippen LogP contribution in [0.25, 0.3) is 0 Å². The molecule has 1 N–H and O–H groups in total. The van der Waals surface area contributed by atoms with E-state index < -0.39 is 0 Å². The van der Waals surface area contributed by atoms with Gasteiger partial charge in [-0.05, 0) is 18.6 Å². The van der Waals surface area contributed by atoms with Gasteiger partial charge in [0.1, 0.15) is 5.82 Å². The van der Waals surface area contributed by atoms with Crippen LogP contribution >= 0.6 is 23.2 Å². The Bertz CT molecular complexity index is 323. The number of nitrogens with one attached hydrogen (secondary N) is 1. The lowest BCUT2D eigenvalue weighted by Crippen LogP contribution is -2.33. The maximum absolute atomic E-state index is 13.5. The molecule has 0 aliphatic rings. The molecule has 1 atom stereocenters. The number of methoxy groups -OCH3 is 1. The predicted molar refractivity (Wildman–Crippen MR) is 69.3 cm³/mol. The Morgan fingerprint density at radius 3 is 2.82 bits per heavy atom. The number of alkyl halides is 1. The Morgan fingerprint density at radius 2 is 2.24 bits per heavy atom. The average Bonchev–Trinajstić information content (AvgIpc) is 2.29. The van der Waals surface area contributed by atoms with Gasteiger partial charge in [0.25, 0.3) is 0 Å². The third-order valence-electron chi connectivity index (χ3n) is 2.45. The number of hydrogen-bond donors (Lipinski definition) is 1. The molecule has 1 rings (SSSR count). The number of halogens is 3. The van der Waals surface area contributed by atoms with E-state index in [0.717, 1.165) is 6.42 Å². The second-order valence-corrected chi connectivity index (χ2v) is 4.50. The minimum Gasteiger partial charge on any atom is -0.383 e. The van der Waals surface area contributed by atoms with Crippen molar-refractivity contribution in [2.45, 2.75) is 19.0 Å². The molecular formula is C12H16Cl2FNO. The standard InChI is InChI=1S/C12H16Cl2FNO/c1-17-8-9(5-6-13)16-7-10-11(14)3-2-4-12(10)15/h2-4,9,16H,5-8H2,1H3. The van der Waals surface area contributed by atoms with Crippen molar-refractivity contribution in [2.75, 3.05) is 19.6 Å². The molecule has 96 valence electrons. The molecule has 1 aromatic carbocycles. The van der Waals surface area contributed by atoms with E-state index in [0.29, 0.717) is 29.6 Å². The molecule has 0 radical (unpaired) electrons. The summed E-state index contributed by atoms with van der Waals surface area (Å²) in [6, 6.07) is 4.77. The molecule has 0 amide bonds. The van der Waals surface area contributed by atoms with Crippen molar-refractivity contribution in [3.63, 3.8) is 0 Å². The van der Waals surface area contributed by atoms with Crippen LogP contribution in [-0.4, -0.2) is 25.6 Å². The van der Waals surface area contributed by atoms with Gasteiger partial charge in [-0.15, -0.1) is 11.6 Å². The van der Waals surface area contributed by atoms with Crippen molar-refractivity contribution in [1.82, 2.24) is 5.32 Å². The van der Waals surface area contributed by atoms with Gasteiger partial charge in [-0.3, -0.25) is 0 Å². The number of ether oxygens (including phenoxy) is 1. The molecular weight excluding hydrogens is 264 g/mol. The SMILES string of the molecule is COCC(CCCl)NCc1c(F)cccc1Cl. The van der Waals surface area contributed by atoms with E-state index in [9.17, 15) is 4.39 Å². The summed E-state index contributed by atoms with van der Waals surface area (Å²) in [7, 11) is 1.62. The highest BCUT2D eigenvalue weighted by molar-refractivity contribution is 6.31. The molecule has 17 heavy (non-hydrogen) atoms. The second-order valence-electron chi connectivity index (χ2n) is 3.71. The van der Waals surface area contributed by atoms with Gasteiger partial charge in [0, 0.05) is 36.2 Å². The molecule has 0 fully saturated rings. The molecule has 0 aliphatic heterocycles. The Labute approximate surface area is 111 Å². The molecule has 0 heterocycles. The van der Waals surface area contributed by atoms with Crippen LogP contribution in [0.2, 0.25) is 5.02 Å². The average molecular weight is 280 g/mol. The van der Waals surface area contributed by atoms with Crippen molar-refractivity contribution in [2.24, 2.45) is 0 Å². The van der Waals surface area contributed by atoms with Crippen LogP contribution < -0.4 is 5.32 Å². The van der Waals surface area contributed by atoms with Gasteiger partial charge in [0.05, 0.1) is 6.61 Å². The minimum atomic E-state index is -0.299. The summed E-state index contributed by atoms with van der Waals surface area (Å²) in [4.78, 5) is 0. The van der Waals surface area contributed by atoms with E-state index >= 15 is 0 Å². The highest BCUT2D eigenvalue weighted by Crippen LogP contribution is 2.18. The van der Waals surface area contributed by atoms with Gasteiger partial charge in [0.2, 0.25) is 0 Å². The van der Waals surface area contributed by atoms with Gasteiger partial charge in [-0.1, -0.05) is 17.7 Å². The van der Waals surface area contributed by atoms with Crippen LogP contribution in [-0.2, 0) is 11.3 Å². The Balaban J connectivity index is 2.58. The highest BCUT2D eigenvalue weighted by Gasteiger charge is 2.11. The molecule has 0 aliphatic carbocycles. The first-order valence-corrected chi connectivity index (χ1v) is 6.31. The fourth-order valence-corrected chi connectivity index (χ4v) is 2.02. The second kappa shape index (κ2) is 7.88. The zero-order valence-electron chi connectivity index (χ0n) is 9.68. The third-order valence-corrected chi connectivity index (χ3v) is 3.03. The van der Waals surface area contributed by atoms with Crippen LogP contribution in [0.15, 0.2) is 18.2 Å². The first-order chi connectivity index (χ1) is 8.19. The van der Waals surface area contributed by atoms with Crippen molar-refractivity contribution < 1.29 is 9.13 Å². The van der Waals surface area contributed by atoms with Crippen LogP contribution in [0.3, 0.4) is 0 Å². The summed E-state index contributed by atoms with van der Waals surface area (Å²) in [6.07, 6.45) is 0.765. The molecule has 0 saturated heterocycles. The van der Waals surface area contributed by atoms with E-state index in [1.54, 1.807) is 19.2 Å². The Kier molecular flexibility index (Phi) is 6.82. The zero-order valence-corrected chi connectivity index (χ0v) is 11.2. The zero-order chi connectivity index (χ0) is 12.7. The van der Waals surface area contributed by atoms with Crippen LogP contribution in [0.5, 0.6) is 0 Å². The molecule has 1 unspecified atom stereocenters. The van der Waals surface area contributed by atoms with Crippen molar-refractivity contribution in [3.05, 3.63) is 34.6 Å². The summed E-state index contributed by atoms with van der Waals surface area (Å²) in [5.74, 6) is 0.235. The van der Waals surface area contributed by atoms with Gasteiger partial charge >= 0.3 is 0 Å². The lowest BCUT2D eigenvalue weighted by molar-refractivity contribution is 0.164. The van der Waals surface area contributed by atoms with E-state index in [-0.39, 0.29) is 11.9 Å². The summed E-state index contributed by atoms with van der Waals surface area (Å²) < 4.78 is 18.5. The fourth-order valence-electron chi connectivity index (χ4n) is 1.52. The monoisotopic (exact) mass is 279 g/mol. The van der Waals surface area contributed by atoms with Gasteiger partial charge in [0.15, 0.2) is 0 Å². The van der Waals surface area contributed by atoms with Crippen molar-refractivity contribution >= 4 is 23.2 Å². The first-order valence-electron chi connectivity index (χ1n) is 5.40. The first kappa shape index (κ1) is 14.7. The maximum Gasteiger partial charge on any atom is 0.129 e. The topological polar surface area (TPSA) is 21.3 Å². The number of hydrogen-bond acceptors (Lipinski definition) is 2. The van der Waals surface area contributed by atoms with E-state index in [2.05, 4.69) is 5.32 Å². The van der Waals surface area contributed by atoms with E-state index in [1.807, 2.05) is 0 Å². The summed E-state index contributed by atoms with van der Waals surface area (Å²) >= 11 is 11.6. The quantitative estimate of drug-likeness (QED) is 0.774. The van der Waals surface area contributed by atoms with Crippen LogP contribution in [0, 0.1) is 5.82 Å². The van der Waals surface area contributed by atoms with Crippen molar-refractivity contribution in [3.8, 4) is 0 Å². The van der Waals surface area contributed by atoms with E-state index in [4.69, 9.17) is 27.9 Å². The van der Waals surface area contributed by atoms with E-state index in [1.165, 1.54) is 6.07 Å². The number of rotatable bonds is 7. The third kappa shape index (κ3) is 4.80. The van der Waals surface area contributed by atoms with Gasteiger partial charge in [-0.2, -0.15) is 0 Å². The Morgan fingerprint density at radius 1 is 1.47 bits per heavy atom. The normalized spacial score (nSPS) is 12.7. The van der Waals surface area contributed by atoms with Gasteiger partial charge < -0.3 is 10.1 Å². The fraction of sp³-hybridized carbons (Fsp3) is 0.500. The molecule has 0 bridgehead atoms. The molecule has 0 spiro atoms. The maximum atomic E-state index is 13.5. The Hall–Kier alpha value is -0.350. The smallest absolute Gasteiger partial charge is 0.129 e. The molecule has 1 aromatic rings. The highest BCUT2D eigenvalue weighted by atomic mass is 35.5.